The fourth-order valence-electron chi connectivity index (χ4n) is 3.56. The van der Waals surface area contributed by atoms with Gasteiger partial charge in [0.05, 0.1) is 30.5 Å². The van der Waals surface area contributed by atoms with Gasteiger partial charge in [0.15, 0.2) is 4.84 Å². The van der Waals surface area contributed by atoms with Crippen LogP contribution in [0.1, 0.15) is 19.3 Å². The Morgan fingerprint density at radius 2 is 2.10 bits per heavy atom. The van der Waals surface area contributed by atoms with Crippen LogP contribution in [0.3, 0.4) is 0 Å². The van der Waals surface area contributed by atoms with E-state index in [4.69, 9.17) is 33.2 Å². The number of nitrogens with one attached hydrogen (secondary N) is 1. The molecule has 0 bridgehead atoms. The molecule has 7 nitrogen and oxygen atoms in total. The van der Waals surface area contributed by atoms with E-state index in [0.717, 1.165) is 12.8 Å². The lowest BCUT2D eigenvalue weighted by Crippen LogP contribution is -2.37. The number of nitriles is 1. The number of piperidine rings is 1. The van der Waals surface area contributed by atoms with Crippen LogP contribution in [-0.2, 0) is 9.53 Å². The van der Waals surface area contributed by atoms with Crippen molar-refractivity contribution < 1.29 is 18.7 Å². The summed E-state index contributed by atoms with van der Waals surface area (Å²) in [6.45, 7) is 1.62. The van der Waals surface area contributed by atoms with E-state index in [-0.39, 0.29) is 13.1 Å². The van der Waals surface area contributed by atoms with E-state index in [1.54, 1.807) is 12.1 Å². The van der Waals surface area contributed by atoms with Crippen molar-refractivity contribution in [3.63, 3.8) is 0 Å². The third kappa shape index (κ3) is 5.22. The molecule has 0 saturated carbocycles. The number of cyclic esters (lactones) is 1. The SMILES string of the molecule is N#CCC1CCN(c2ccc(N3CC(CNC(=O)C(Cl)Cl)OC3=O)cc2F)CC1. The zero-order valence-electron chi connectivity index (χ0n) is 15.6. The highest BCUT2D eigenvalue weighted by molar-refractivity contribution is 6.53. The predicted molar refractivity (Wildman–Crippen MR) is 108 cm³/mol. The number of amides is 2. The summed E-state index contributed by atoms with van der Waals surface area (Å²) in [6.07, 6.45) is 1.05. The van der Waals surface area contributed by atoms with Gasteiger partial charge in [-0.15, -0.1) is 0 Å². The normalized spacial score (nSPS) is 20.0. The topological polar surface area (TPSA) is 85.7 Å². The Balaban J connectivity index is 1.61. The van der Waals surface area contributed by atoms with Crippen LogP contribution in [0.25, 0.3) is 0 Å². The highest BCUT2D eigenvalue weighted by Crippen LogP contribution is 2.31. The van der Waals surface area contributed by atoms with Gasteiger partial charge in [0.1, 0.15) is 11.9 Å². The first kappa shape index (κ1) is 21.5. The molecule has 2 aliphatic heterocycles. The average molecular weight is 443 g/mol. The van der Waals surface area contributed by atoms with E-state index < -0.39 is 28.8 Å². The van der Waals surface area contributed by atoms with Gasteiger partial charge in [0, 0.05) is 19.5 Å². The van der Waals surface area contributed by atoms with Crippen molar-refractivity contribution in [1.82, 2.24) is 5.32 Å². The third-order valence-electron chi connectivity index (χ3n) is 5.15. The minimum absolute atomic E-state index is 0.0647. The Hall–Kier alpha value is -2.24. The maximum atomic E-state index is 14.7. The summed E-state index contributed by atoms with van der Waals surface area (Å²) in [6, 6.07) is 6.84. The van der Waals surface area contributed by atoms with Gasteiger partial charge in [0.2, 0.25) is 0 Å². The second-order valence-electron chi connectivity index (χ2n) is 7.09. The molecule has 0 aromatic heterocycles. The molecule has 2 aliphatic rings. The van der Waals surface area contributed by atoms with Crippen LogP contribution in [0.2, 0.25) is 0 Å². The number of hydrogen-bond donors (Lipinski definition) is 1. The van der Waals surface area contributed by atoms with Gasteiger partial charge in [-0.2, -0.15) is 5.26 Å². The maximum absolute atomic E-state index is 14.7. The number of nitrogens with zero attached hydrogens (tertiary/aromatic N) is 3. The van der Waals surface area contributed by atoms with Gasteiger partial charge in [-0.3, -0.25) is 9.69 Å². The van der Waals surface area contributed by atoms with Gasteiger partial charge in [-0.1, -0.05) is 23.2 Å². The average Bonchev–Trinajstić information content (AvgIpc) is 3.07. The molecule has 29 heavy (non-hydrogen) atoms. The number of carbonyl (C=O) groups excluding carboxylic acids is 2. The Labute approximate surface area is 178 Å². The molecule has 2 heterocycles. The van der Waals surface area contributed by atoms with Crippen LogP contribution >= 0.6 is 23.2 Å². The molecule has 2 fully saturated rings. The zero-order valence-corrected chi connectivity index (χ0v) is 17.1. The van der Waals surface area contributed by atoms with Crippen molar-refractivity contribution in [2.45, 2.75) is 30.2 Å². The first-order valence-electron chi connectivity index (χ1n) is 9.34. The van der Waals surface area contributed by atoms with E-state index >= 15 is 0 Å². The summed E-state index contributed by atoms with van der Waals surface area (Å²) in [5, 5.41) is 11.3. The molecule has 1 aromatic rings. The Morgan fingerprint density at radius 3 is 2.72 bits per heavy atom. The van der Waals surface area contributed by atoms with Crippen LogP contribution < -0.4 is 15.1 Å². The molecule has 1 aromatic carbocycles. The minimum Gasteiger partial charge on any atom is -0.442 e. The fraction of sp³-hybridized carbons (Fsp3) is 0.526. The number of hydrogen-bond acceptors (Lipinski definition) is 5. The molecule has 3 rings (SSSR count). The molecule has 1 atom stereocenters. The molecule has 1 N–H and O–H groups in total. The monoisotopic (exact) mass is 442 g/mol. The second-order valence-corrected chi connectivity index (χ2v) is 8.19. The summed E-state index contributed by atoms with van der Waals surface area (Å²) in [7, 11) is 0. The maximum Gasteiger partial charge on any atom is 0.414 e. The van der Waals surface area contributed by atoms with Gasteiger partial charge >= 0.3 is 6.09 Å². The summed E-state index contributed by atoms with van der Waals surface area (Å²) in [5.41, 5.74) is 0.868. The van der Waals surface area contributed by atoms with Crippen LogP contribution in [0.4, 0.5) is 20.6 Å². The van der Waals surface area contributed by atoms with Crippen molar-refractivity contribution in [1.29, 1.82) is 5.26 Å². The third-order valence-corrected chi connectivity index (χ3v) is 5.55. The number of carbonyl (C=O) groups is 2. The van der Waals surface area contributed by atoms with Crippen molar-refractivity contribution in [3.05, 3.63) is 24.0 Å². The first-order valence-corrected chi connectivity index (χ1v) is 10.2. The summed E-state index contributed by atoms with van der Waals surface area (Å²) >= 11 is 10.9. The van der Waals surface area contributed by atoms with Crippen LogP contribution in [0.15, 0.2) is 18.2 Å². The second kappa shape index (κ2) is 9.51. The zero-order chi connectivity index (χ0) is 21.0. The summed E-state index contributed by atoms with van der Waals surface area (Å²) in [4.78, 5) is 25.6. The number of alkyl halides is 2. The summed E-state index contributed by atoms with van der Waals surface area (Å²) in [5.74, 6) is -0.627. The molecule has 1 unspecified atom stereocenters. The molecule has 156 valence electrons. The van der Waals surface area contributed by atoms with Crippen LogP contribution in [0.5, 0.6) is 0 Å². The summed E-state index contributed by atoms with van der Waals surface area (Å²) < 4.78 is 19.9. The van der Waals surface area contributed by atoms with Crippen molar-refractivity contribution in [3.8, 4) is 6.07 Å². The lowest BCUT2D eigenvalue weighted by Gasteiger charge is -2.33. The lowest BCUT2D eigenvalue weighted by atomic mass is 9.94. The largest absolute Gasteiger partial charge is 0.442 e. The number of anilines is 2. The number of halogens is 3. The van der Waals surface area contributed by atoms with E-state index in [9.17, 15) is 14.0 Å². The highest BCUT2D eigenvalue weighted by Gasteiger charge is 2.33. The lowest BCUT2D eigenvalue weighted by molar-refractivity contribution is -0.119. The van der Waals surface area contributed by atoms with E-state index in [0.29, 0.717) is 36.8 Å². The first-order chi connectivity index (χ1) is 13.9. The van der Waals surface area contributed by atoms with Gasteiger partial charge in [-0.05, 0) is 37.0 Å². The van der Waals surface area contributed by atoms with E-state index in [2.05, 4.69) is 11.4 Å². The Bertz CT molecular complexity index is 809. The van der Waals surface area contributed by atoms with Crippen molar-refractivity contribution >= 4 is 46.6 Å². The number of benzene rings is 1. The molecule has 0 radical (unpaired) electrons. The fourth-order valence-corrected chi connectivity index (χ4v) is 3.71. The van der Waals surface area contributed by atoms with Crippen molar-refractivity contribution in [2.24, 2.45) is 5.92 Å². The molecule has 10 heteroatoms. The Kier molecular flexibility index (Phi) is 7.04. The van der Waals surface area contributed by atoms with Crippen LogP contribution in [0, 0.1) is 23.1 Å². The van der Waals surface area contributed by atoms with E-state index in [1.807, 2.05) is 4.90 Å². The number of ether oxygens (including phenoxy) is 1. The van der Waals surface area contributed by atoms with Crippen LogP contribution in [-0.4, -0.2) is 49.1 Å². The predicted octanol–water partition coefficient (Wildman–Crippen LogP) is 3.20. The smallest absolute Gasteiger partial charge is 0.414 e. The van der Waals surface area contributed by atoms with E-state index in [1.165, 1.54) is 11.0 Å². The minimum atomic E-state index is -1.20. The molecule has 2 saturated heterocycles. The Morgan fingerprint density at radius 1 is 1.38 bits per heavy atom. The standard InChI is InChI=1S/C19H21Cl2FN4O3/c20-17(21)18(27)24-10-14-11-26(19(28)29-14)13-1-2-16(15(22)9-13)25-7-4-12(3-6-23)5-8-25/h1-2,9,12,14,17H,3-5,7-8,10-11H2,(H,24,27). The molecular weight excluding hydrogens is 422 g/mol. The van der Waals surface area contributed by atoms with Gasteiger partial charge in [0.25, 0.3) is 5.91 Å². The van der Waals surface area contributed by atoms with Gasteiger partial charge < -0.3 is 15.0 Å². The van der Waals surface area contributed by atoms with Crippen molar-refractivity contribution in [2.75, 3.05) is 36.0 Å². The van der Waals surface area contributed by atoms with Gasteiger partial charge in [-0.25, -0.2) is 9.18 Å². The molecular formula is C19H21Cl2FN4O3. The highest BCUT2D eigenvalue weighted by atomic mass is 35.5. The molecule has 2 amide bonds. The quantitative estimate of drug-likeness (QED) is 0.683. The molecule has 0 spiro atoms. The molecule has 0 aliphatic carbocycles. The number of rotatable bonds is 6.